The first-order valence-electron chi connectivity index (χ1n) is 6.74. The van der Waals surface area contributed by atoms with Crippen LogP contribution in [0.5, 0.6) is 5.75 Å². The Hall–Kier alpha value is -1.07. The molecule has 1 aliphatic carbocycles. The second kappa shape index (κ2) is 6.59. The van der Waals surface area contributed by atoms with Gasteiger partial charge >= 0.3 is 5.97 Å². The average Bonchev–Trinajstić information content (AvgIpc) is 2.69. The van der Waals surface area contributed by atoms with Gasteiger partial charge in [-0.1, -0.05) is 6.42 Å². The van der Waals surface area contributed by atoms with E-state index in [0.717, 1.165) is 42.1 Å². The highest BCUT2D eigenvalue weighted by Gasteiger charge is 2.29. The number of aliphatic hydroxyl groups is 1. The van der Waals surface area contributed by atoms with E-state index >= 15 is 0 Å². The van der Waals surface area contributed by atoms with Gasteiger partial charge in [0.2, 0.25) is 0 Å². The van der Waals surface area contributed by atoms with Gasteiger partial charge in [0, 0.05) is 5.56 Å². The van der Waals surface area contributed by atoms with E-state index in [0.29, 0.717) is 11.3 Å². The predicted octanol–water partition coefficient (Wildman–Crippen LogP) is 2.93. The fourth-order valence-corrected chi connectivity index (χ4v) is 3.43. The second-order valence-electron chi connectivity index (χ2n) is 4.93. The van der Waals surface area contributed by atoms with Gasteiger partial charge in [-0.3, -0.25) is 0 Å². The van der Waals surface area contributed by atoms with Crippen molar-refractivity contribution in [1.29, 1.82) is 0 Å². The van der Waals surface area contributed by atoms with Crippen molar-refractivity contribution >= 4 is 21.9 Å². The molecule has 0 radical (unpaired) electrons. The van der Waals surface area contributed by atoms with Crippen LogP contribution in [0.15, 0.2) is 10.5 Å². The number of rotatable bonds is 3. The van der Waals surface area contributed by atoms with Crippen LogP contribution in [0.1, 0.15) is 42.1 Å². The molecule has 4 nitrogen and oxygen atoms in total. The molecule has 2 rings (SSSR count). The lowest BCUT2D eigenvalue weighted by atomic mass is 9.93. The van der Waals surface area contributed by atoms with E-state index in [1.165, 1.54) is 19.8 Å². The summed E-state index contributed by atoms with van der Waals surface area (Å²) in [5, 5.41) is 10.3. The van der Waals surface area contributed by atoms with Gasteiger partial charge < -0.3 is 14.6 Å². The monoisotopic (exact) mass is 342 g/mol. The van der Waals surface area contributed by atoms with Crippen molar-refractivity contribution in [3.8, 4) is 5.75 Å². The molecule has 0 fully saturated rings. The van der Waals surface area contributed by atoms with Crippen LogP contribution in [0.3, 0.4) is 0 Å². The lowest BCUT2D eigenvalue weighted by Crippen LogP contribution is -2.17. The summed E-state index contributed by atoms with van der Waals surface area (Å²) >= 11 is 3.46. The number of ether oxygens (including phenoxy) is 2. The molecular weight excluding hydrogens is 324 g/mol. The summed E-state index contributed by atoms with van der Waals surface area (Å²) in [6.45, 7) is 0. The molecule has 5 heteroatoms. The van der Waals surface area contributed by atoms with Crippen LogP contribution in [0, 0.1) is 0 Å². The lowest BCUT2D eigenvalue weighted by Gasteiger charge is -2.21. The number of carbonyl (C=O) groups excluding carboxylic acids is 1. The number of halogens is 1. The van der Waals surface area contributed by atoms with Gasteiger partial charge in [-0.05, 0) is 58.8 Å². The highest BCUT2D eigenvalue weighted by Crippen LogP contribution is 2.40. The molecule has 110 valence electrons. The maximum absolute atomic E-state index is 11.7. The Bertz CT molecular complexity index is 513. The predicted molar refractivity (Wildman–Crippen MR) is 78.9 cm³/mol. The minimum atomic E-state index is -1.31. The highest BCUT2D eigenvalue weighted by atomic mass is 79.9. The van der Waals surface area contributed by atoms with E-state index in [4.69, 9.17) is 4.74 Å². The van der Waals surface area contributed by atoms with E-state index in [2.05, 4.69) is 20.7 Å². The van der Waals surface area contributed by atoms with Crippen LogP contribution in [0.25, 0.3) is 0 Å². The molecule has 0 spiro atoms. The number of fused-ring (bicyclic) bond motifs is 1. The third-order valence-corrected chi connectivity index (χ3v) is 4.34. The molecule has 0 aromatic heterocycles. The molecule has 0 saturated heterocycles. The minimum absolute atomic E-state index is 0.517. The van der Waals surface area contributed by atoms with Gasteiger partial charge in [0.25, 0.3) is 0 Å². The molecule has 1 aromatic carbocycles. The third kappa shape index (κ3) is 2.83. The number of hydrogen-bond acceptors (Lipinski definition) is 4. The Morgan fingerprint density at radius 1 is 1.30 bits per heavy atom. The zero-order valence-corrected chi connectivity index (χ0v) is 13.3. The molecule has 0 aliphatic heterocycles. The standard InChI is InChI=1S/C15H19BrO4/c1-19-14-11(16)8-9-6-4-3-5-7-10(9)12(14)13(17)15(18)20-2/h8,13,17H,3-7H2,1-2H3. The number of hydrogen-bond donors (Lipinski definition) is 1. The van der Waals surface area contributed by atoms with Crippen molar-refractivity contribution in [3.63, 3.8) is 0 Å². The minimum Gasteiger partial charge on any atom is -0.495 e. The summed E-state index contributed by atoms with van der Waals surface area (Å²) in [5.41, 5.74) is 2.75. The Kier molecular flexibility index (Phi) is 5.05. The number of aliphatic hydroxyl groups excluding tert-OH is 1. The van der Waals surface area contributed by atoms with Crippen LogP contribution >= 0.6 is 15.9 Å². The smallest absolute Gasteiger partial charge is 0.339 e. The van der Waals surface area contributed by atoms with Crippen molar-refractivity contribution in [1.82, 2.24) is 0 Å². The van der Waals surface area contributed by atoms with Crippen molar-refractivity contribution in [2.24, 2.45) is 0 Å². The van der Waals surface area contributed by atoms with Crippen LogP contribution in [0.2, 0.25) is 0 Å². The van der Waals surface area contributed by atoms with Gasteiger partial charge in [0.05, 0.1) is 18.7 Å². The molecular formula is C15H19BrO4. The summed E-state index contributed by atoms with van der Waals surface area (Å²) < 4.78 is 10.8. The first-order chi connectivity index (χ1) is 9.60. The summed E-state index contributed by atoms with van der Waals surface area (Å²) in [4.78, 5) is 11.7. The first-order valence-corrected chi connectivity index (χ1v) is 7.53. The van der Waals surface area contributed by atoms with E-state index in [1.807, 2.05) is 6.07 Å². The molecule has 1 atom stereocenters. The summed E-state index contributed by atoms with van der Waals surface area (Å²) in [6.07, 6.45) is 3.83. The van der Waals surface area contributed by atoms with E-state index in [1.54, 1.807) is 0 Å². The van der Waals surface area contributed by atoms with Crippen molar-refractivity contribution < 1.29 is 19.4 Å². The molecule has 0 heterocycles. The number of aryl methyl sites for hydroxylation is 1. The summed E-state index contributed by atoms with van der Waals surface area (Å²) in [7, 11) is 2.81. The Labute approximate surface area is 127 Å². The van der Waals surface area contributed by atoms with Gasteiger partial charge in [0.1, 0.15) is 5.75 Å². The first kappa shape index (κ1) is 15.3. The van der Waals surface area contributed by atoms with Gasteiger partial charge in [-0.25, -0.2) is 4.79 Å². The normalized spacial score (nSPS) is 16.0. The van der Waals surface area contributed by atoms with Crippen molar-refractivity contribution in [2.75, 3.05) is 14.2 Å². The largest absolute Gasteiger partial charge is 0.495 e. The molecule has 1 unspecified atom stereocenters. The van der Waals surface area contributed by atoms with E-state index < -0.39 is 12.1 Å². The lowest BCUT2D eigenvalue weighted by molar-refractivity contribution is -0.150. The zero-order chi connectivity index (χ0) is 14.7. The molecule has 1 aliphatic rings. The zero-order valence-electron chi connectivity index (χ0n) is 11.7. The van der Waals surface area contributed by atoms with Crippen molar-refractivity contribution in [2.45, 2.75) is 38.2 Å². The molecule has 0 saturated carbocycles. The topological polar surface area (TPSA) is 55.8 Å². The fraction of sp³-hybridized carbons (Fsp3) is 0.533. The van der Waals surface area contributed by atoms with Crippen molar-refractivity contribution in [3.05, 3.63) is 27.2 Å². The van der Waals surface area contributed by atoms with Crippen LogP contribution in [0.4, 0.5) is 0 Å². The van der Waals surface area contributed by atoms with Gasteiger partial charge in [-0.15, -0.1) is 0 Å². The molecule has 20 heavy (non-hydrogen) atoms. The van der Waals surface area contributed by atoms with E-state index in [-0.39, 0.29) is 0 Å². The second-order valence-corrected chi connectivity index (χ2v) is 5.78. The summed E-state index contributed by atoms with van der Waals surface area (Å²) in [5.74, 6) is -0.142. The van der Waals surface area contributed by atoms with Gasteiger partial charge in [0.15, 0.2) is 6.10 Å². The Morgan fingerprint density at radius 2 is 2.00 bits per heavy atom. The molecule has 0 amide bonds. The summed E-state index contributed by atoms with van der Waals surface area (Å²) in [6, 6.07) is 2.03. The highest BCUT2D eigenvalue weighted by molar-refractivity contribution is 9.10. The van der Waals surface area contributed by atoms with Crippen LogP contribution < -0.4 is 4.74 Å². The Morgan fingerprint density at radius 3 is 2.65 bits per heavy atom. The molecule has 0 bridgehead atoms. The number of benzene rings is 1. The molecule has 1 aromatic rings. The SMILES string of the molecule is COC(=O)C(O)c1c2c(cc(Br)c1OC)CCCCC2. The maximum Gasteiger partial charge on any atom is 0.339 e. The number of methoxy groups -OCH3 is 2. The maximum atomic E-state index is 11.7. The quantitative estimate of drug-likeness (QED) is 0.677. The van der Waals surface area contributed by atoms with Crippen LogP contribution in [-0.4, -0.2) is 25.3 Å². The van der Waals surface area contributed by atoms with Gasteiger partial charge in [-0.2, -0.15) is 0 Å². The fourth-order valence-electron chi connectivity index (χ4n) is 2.78. The average molecular weight is 343 g/mol. The number of carbonyl (C=O) groups is 1. The number of esters is 1. The molecule has 1 N–H and O–H groups in total. The van der Waals surface area contributed by atoms with E-state index in [9.17, 15) is 9.90 Å². The Balaban J connectivity index is 2.61. The van der Waals surface area contributed by atoms with Crippen LogP contribution in [-0.2, 0) is 22.4 Å². The third-order valence-electron chi connectivity index (χ3n) is 3.75.